The van der Waals surface area contributed by atoms with Gasteiger partial charge < -0.3 is 5.32 Å². The maximum atomic E-state index is 12.1. The molecule has 0 saturated carbocycles. The Labute approximate surface area is 116 Å². The highest BCUT2D eigenvalue weighted by Gasteiger charge is 2.08. The van der Waals surface area contributed by atoms with E-state index in [9.17, 15) is 4.79 Å². The van der Waals surface area contributed by atoms with Crippen LogP contribution in [0.1, 0.15) is 16.1 Å². The van der Waals surface area contributed by atoms with Crippen LogP contribution in [0.15, 0.2) is 60.8 Å². The van der Waals surface area contributed by atoms with Crippen molar-refractivity contribution >= 4 is 16.9 Å². The summed E-state index contributed by atoms with van der Waals surface area (Å²) in [6.45, 7) is 0.488. The van der Waals surface area contributed by atoms with Crippen LogP contribution in [0.4, 0.5) is 0 Å². The highest BCUT2D eigenvalue weighted by Crippen LogP contribution is 2.09. The van der Waals surface area contributed by atoms with Gasteiger partial charge in [-0.05, 0) is 29.8 Å². The number of benzene rings is 1. The summed E-state index contributed by atoms with van der Waals surface area (Å²) in [5.74, 6) is -0.193. The Morgan fingerprint density at radius 2 is 1.85 bits per heavy atom. The minimum atomic E-state index is -0.193. The van der Waals surface area contributed by atoms with Gasteiger partial charge in [-0.15, -0.1) is 0 Å². The molecule has 1 amide bonds. The van der Waals surface area contributed by atoms with Crippen molar-refractivity contribution in [3.63, 3.8) is 0 Å². The molecule has 0 saturated heterocycles. The van der Waals surface area contributed by atoms with E-state index in [1.54, 1.807) is 12.3 Å². The standard InChI is InChI=1S/C16H13N3O/c20-16(18-11-12-5-2-1-3-6-12)14-9-8-13-7-4-10-17-15(13)19-14/h1-10H,11H2,(H,18,20). The predicted octanol–water partition coefficient (Wildman–Crippen LogP) is 2.56. The molecular formula is C16H13N3O. The smallest absolute Gasteiger partial charge is 0.270 e. The molecule has 4 nitrogen and oxygen atoms in total. The van der Waals surface area contributed by atoms with Crippen LogP contribution < -0.4 is 5.32 Å². The van der Waals surface area contributed by atoms with Crippen molar-refractivity contribution in [3.8, 4) is 0 Å². The molecular weight excluding hydrogens is 250 g/mol. The van der Waals surface area contributed by atoms with E-state index in [1.807, 2.05) is 48.5 Å². The summed E-state index contributed by atoms with van der Waals surface area (Å²) in [6.07, 6.45) is 1.67. The number of fused-ring (bicyclic) bond motifs is 1. The van der Waals surface area contributed by atoms with Crippen LogP contribution in [0, 0.1) is 0 Å². The Morgan fingerprint density at radius 1 is 1.00 bits per heavy atom. The molecule has 20 heavy (non-hydrogen) atoms. The molecule has 0 spiro atoms. The first-order valence-electron chi connectivity index (χ1n) is 6.37. The Kier molecular flexibility index (Phi) is 3.37. The monoisotopic (exact) mass is 263 g/mol. The Bertz CT molecular complexity index is 741. The zero-order valence-electron chi connectivity index (χ0n) is 10.8. The van der Waals surface area contributed by atoms with Gasteiger partial charge in [-0.3, -0.25) is 4.79 Å². The Balaban J connectivity index is 1.75. The molecule has 0 aliphatic rings. The normalized spacial score (nSPS) is 10.4. The summed E-state index contributed by atoms with van der Waals surface area (Å²) >= 11 is 0. The maximum absolute atomic E-state index is 12.1. The third-order valence-corrected chi connectivity index (χ3v) is 2.99. The van der Waals surface area contributed by atoms with E-state index >= 15 is 0 Å². The third kappa shape index (κ3) is 2.64. The second kappa shape index (κ2) is 5.48. The summed E-state index contributed by atoms with van der Waals surface area (Å²) < 4.78 is 0. The lowest BCUT2D eigenvalue weighted by Gasteiger charge is -2.05. The molecule has 2 heterocycles. The second-order valence-electron chi connectivity index (χ2n) is 4.41. The molecule has 4 heteroatoms. The number of carbonyl (C=O) groups excluding carboxylic acids is 1. The fourth-order valence-electron chi connectivity index (χ4n) is 1.95. The molecule has 1 aromatic carbocycles. The number of rotatable bonds is 3. The number of aromatic nitrogens is 2. The molecule has 2 aromatic heterocycles. The lowest BCUT2D eigenvalue weighted by Crippen LogP contribution is -2.23. The summed E-state index contributed by atoms with van der Waals surface area (Å²) in [6, 6.07) is 17.1. The largest absolute Gasteiger partial charge is 0.347 e. The number of amides is 1. The number of carbonyl (C=O) groups is 1. The molecule has 0 radical (unpaired) electrons. The van der Waals surface area contributed by atoms with Crippen LogP contribution in [0.2, 0.25) is 0 Å². The van der Waals surface area contributed by atoms with Gasteiger partial charge in [-0.1, -0.05) is 30.3 Å². The third-order valence-electron chi connectivity index (χ3n) is 2.99. The zero-order chi connectivity index (χ0) is 13.8. The van der Waals surface area contributed by atoms with Crippen LogP contribution in [0.5, 0.6) is 0 Å². The Morgan fingerprint density at radius 3 is 2.70 bits per heavy atom. The number of nitrogens with zero attached hydrogens (tertiary/aromatic N) is 2. The van der Waals surface area contributed by atoms with Crippen molar-refractivity contribution in [2.24, 2.45) is 0 Å². The van der Waals surface area contributed by atoms with Crippen molar-refractivity contribution in [2.45, 2.75) is 6.54 Å². The van der Waals surface area contributed by atoms with E-state index in [0.717, 1.165) is 10.9 Å². The van der Waals surface area contributed by atoms with Gasteiger partial charge in [0.15, 0.2) is 5.65 Å². The average molecular weight is 263 g/mol. The lowest BCUT2D eigenvalue weighted by atomic mass is 10.2. The van der Waals surface area contributed by atoms with E-state index in [-0.39, 0.29) is 5.91 Å². The van der Waals surface area contributed by atoms with Gasteiger partial charge in [0.2, 0.25) is 0 Å². The van der Waals surface area contributed by atoms with E-state index in [1.165, 1.54) is 0 Å². The van der Waals surface area contributed by atoms with Crippen LogP contribution in [-0.4, -0.2) is 15.9 Å². The summed E-state index contributed by atoms with van der Waals surface area (Å²) in [7, 11) is 0. The zero-order valence-corrected chi connectivity index (χ0v) is 10.8. The fourth-order valence-corrected chi connectivity index (χ4v) is 1.95. The van der Waals surface area contributed by atoms with Gasteiger partial charge in [0.05, 0.1) is 0 Å². The molecule has 1 N–H and O–H groups in total. The molecule has 0 aliphatic carbocycles. The van der Waals surface area contributed by atoms with Gasteiger partial charge in [0.25, 0.3) is 5.91 Å². The van der Waals surface area contributed by atoms with Crippen molar-refractivity contribution in [2.75, 3.05) is 0 Å². The first kappa shape index (κ1) is 12.3. The SMILES string of the molecule is O=C(NCc1ccccc1)c1ccc2cccnc2n1. The maximum Gasteiger partial charge on any atom is 0.270 e. The minimum absolute atomic E-state index is 0.193. The number of hydrogen-bond donors (Lipinski definition) is 1. The molecule has 98 valence electrons. The van der Waals surface area contributed by atoms with Gasteiger partial charge in [0.1, 0.15) is 5.69 Å². The summed E-state index contributed by atoms with van der Waals surface area (Å²) in [5, 5.41) is 3.77. The van der Waals surface area contributed by atoms with Crippen LogP contribution >= 0.6 is 0 Å². The fraction of sp³-hybridized carbons (Fsp3) is 0.0625. The van der Waals surface area contributed by atoms with Gasteiger partial charge in [-0.2, -0.15) is 0 Å². The van der Waals surface area contributed by atoms with E-state index in [2.05, 4.69) is 15.3 Å². The number of pyridine rings is 2. The van der Waals surface area contributed by atoms with Crippen molar-refractivity contribution in [1.29, 1.82) is 0 Å². The summed E-state index contributed by atoms with van der Waals surface area (Å²) in [5.41, 5.74) is 2.02. The lowest BCUT2D eigenvalue weighted by molar-refractivity contribution is 0.0946. The molecule has 0 aliphatic heterocycles. The van der Waals surface area contributed by atoms with Gasteiger partial charge in [0, 0.05) is 18.1 Å². The molecule has 3 rings (SSSR count). The van der Waals surface area contributed by atoms with Crippen molar-refractivity contribution in [3.05, 3.63) is 72.1 Å². The quantitative estimate of drug-likeness (QED) is 0.790. The summed E-state index contributed by atoms with van der Waals surface area (Å²) in [4.78, 5) is 20.5. The minimum Gasteiger partial charge on any atom is -0.347 e. The van der Waals surface area contributed by atoms with Crippen LogP contribution in [0.25, 0.3) is 11.0 Å². The molecule has 3 aromatic rings. The van der Waals surface area contributed by atoms with E-state index in [0.29, 0.717) is 17.9 Å². The van der Waals surface area contributed by atoms with E-state index < -0.39 is 0 Å². The molecule has 0 bridgehead atoms. The second-order valence-corrected chi connectivity index (χ2v) is 4.41. The van der Waals surface area contributed by atoms with Gasteiger partial charge in [-0.25, -0.2) is 9.97 Å². The average Bonchev–Trinajstić information content (AvgIpc) is 2.53. The van der Waals surface area contributed by atoms with Gasteiger partial charge >= 0.3 is 0 Å². The molecule has 0 atom stereocenters. The number of hydrogen-bond acceptors (Lipinski definition) is 3. The van der Waals surface area contributed by atoms with Crippen molar-refractivity contribution in [1.82, 2.24) is 15.3 Å². The highest BCUT2D eigenvalue weighted by atomic mass is 16.1. The first-order chi connectivity index (χ1) is 9.83. The Hall–Kier alpha value is -2.75. The van der Waals surface area contributed by atoms with Crippen LogP contribution in [-0.2, 0) is 6.54 Å². The predicted molar refractivity (Wildman–Crippen MR) is 77.2 cm³/mol. The van der Waals surface area contributed by atoms with Crippen LogP contribution in [0.3, 0.4) is 0 Å². The molecule has 0 unspecified atom stereocenters. The highest BCUT2D eigenvalue weighted by molar-refractivity contribution is 5.94. The topological polar surface area (TPSA) is 54.9 Å². The number of nitrogens with one attached hydrogen (secondary N) is 1. The van der Waals surface area contributed by atoms with Crippen molar-refractivity contribution < 1.29 is 4.79 Å². The molecule has 0 fully saturated rings. The first-order valence-corrected chi connectivity index (χ1v) is 6.37. The van der Waals surface area contributed by atoms with E-state index in [4.69, 9.17) is 0 Å².